The molecule has 0 aromatic rings. The molecule has 1 heterocycles. The van der Waals surface area contributed by atoms with Gasteiger partial charge in [-0.3, -0.25) is 0 Å². The molecule has 0 bridgehead atoms. The van der Waals surface area contributed by atoms with E-state index >= 15 is 0 Å². The fraction of sp³-hybridized carbons (Fsp3) is 1.00. The van der Waals surface area contributed by atoms with Crippen molar-refractivity contribution in [2.45, 2.75) is 52.2 Å². The first kappa shape index (κ1) is 10.1. The maximum atomic E-state index is 2.69. The maximum Gasteiger partial charge on any atom is 0.223 e. The van der Waals surface area contributed by atoms with Gasteiger partial charge in [-0.05, 0) is 25.9 Å². The molecule has 0 aliphatic carbocycles. The molecule has 1 aliphatic heterocycles. The largest absolute Gasteiger partial charge is 0.342 e. The second-order valence-electron chi connectivity index (χ2n) is 3.97. The lowest BCUT2D eigenvalue weighted by molar-refractivity contribution is 0.461. The normalized spacial score (nSPS) is 19.0. The summed E-state index contributed by atoms with van der Waals surface area (Å²) < 4.78 is 0. The Morgan fingerprint density at radius 3 is 2.75 bits per heavy atom. The number of unbranched alkanes of at least 4 members (excludes halogenated alkanes) is 1. The lowest BCUT2D eigenvalue weighted by Gasteiger charge is -2.20. The standard InChI is InChI=1S/C10H22BN/c1-3-5-7-11-8-6-10-12(11)9-4-2/h3-10H2,1-2H3. The lowest BCUT2D eigenvalue weighted by atomic mass is 9.56. The van der Waals surface area contributed by atoms with Gasteiger partial charge in [0.15, 0.2) is 0 Å². The van der Waals surface area contributed by atoms with Crippen molar-refractivity contribution in [2.24, 2.45) is 0 Å². The highest BCUT2D eigenvalue weighted by Crippen LogP contribution is 2.19. The predicted octanol–water partition coefficient (Wildman–Crippen LogP) is 2.89. The quantitative estimate of drug-likeness (QED) is 0.569. The van der Waals surface area contributed by atoms with E-state index in [-0.39, 0.29) is 0 Å². The van der Waals surface area contributed by atoms with Crippen LogP contribution < -0.4 is 0 Å². The fourth-order valence-corrected chi connectivity index (χ4v) is 2.24. The van der Waals surface area contributed by atoms with E-state index < -0.39 is 0 Å². The van der Waals surface area contributed by atoms with Gasteiger partial charge in [0.1, 0.15) is 0 Å². The Balaban J connectivity index is 2.20. The van der Waals surface area contributed by atoms with E-state index in [1.54, 1.807) is 0 Å². The molecule has 1 saturated heterocycles. The number of hydrogen-bond acceptors (Lipinski definition) is 1. The van der Waals surface area contributed by atoms with Crippen LogP contribution in [0.4, 0.5) is 0 Å². The molecule has 0 N–H and O–H groups in total. The second kappa shape index (κ2) is 5.63. The van der Waals surface area contributed by atoms with Crippen LogP contribution in [0, 0.1) is 0 Å². The summed E-state index contributed by atoms with van der Waals surface area (Å²) in [5.41, 5.74) is 0. The molecule has 70 valence electrons. The molecule has 1 nitrogen and oxygen atoms in total. The van der Waals surface area contributed by atoms with Gasteiger partial charge in [0.2, 0.25) is 6.85 Å². The van der Waals surface area contributed by atoms with Crippen molar-refractivity contribution in [3.05, 3.63) is 0 Å². The van der Waals surface area contributed by atoms with E-state index in [1.807, 2.05) is 0 Å². The van der Waals surface area contributed by atoms with Gasteiger partial charge in [-0.2, -0.15) is 0 Å². The van der Waals surface area contributed by atoms with Gasteiger partial charge in [0, 0.05) is 0 Å². The number of nitrogens with zero attached hydrogens (tertiary/aromatic N) is 1. The second-order valence-corrected chi connectivity index (χ2v) is 3.97. The third-order valence-corrected chi connectivity index (χ3v) is 2.90. The Hall–Kier alpha value is 0.0249. The molecule has 1 rings (SSSR count). The Kier molecular flexibility index (Phi) is 4.74. The molecule has 1 aliphatic rings. The van der Waals surface area contributed by atoms with Crippen molar-refractivity contribution in [2.75, 3.05) is 13.1 Å². The van der Waals surface area contributed by atoms with Gasteiger partial charge in [-0.15, -0.1) is 0 Å². The van der Waals surface area contributed by atoms with E-state index in [2.05, 4.69) is 18.7 Å². The van der Waals surface area contributed by atoms with Gasteiger partial charge in [-0.1, -0.05) is 39.3 Å². The minimum atomic E-state index is 0.935. The molecule has 0 aromatic heterocycles. The molecule has 2 heteroatoms. The van der Waals surface area contributed by atoms with Crippen molar-refractivity contribution in [1.82, 2.24) is 4.81 Å². The third kappa shape index (κ3) is 2.82. The van der Waals surface area contributed by atoms with E-state index in [4.69, 9.17) is 0 Å². The zero-order valence-electron chi connectivity index (χ0n) is 8.68. The van der Waals surface area contributed by atoms with Gasteiger partial charge in [-0.25, -0.2) is 0 Å². The SMILES string of the molecule is CCCCB1CCCN1CCC. The minimum Gasteiger partial charge on any atom is -0.342 e. The fourth-order valence-electron chi connectivity index (χ4n) is 2.24. The molecule has 0 atom stereocenters. The zero-order chi connectivity index (χ0) is 8.81. The first-order chi connectivity index (χ1) is 5.88. The van der Waals surface area contributed by atoms with Gasteiger partial charge >= 0.3 is 0 Å². The molecular formula is C10H22BN. The van der Waals surface area contributed by atoms with Gasteiger partial charge in [0.25, 0.3) is 0 Å². The molecule has 0 unspecified atom stereocenters. The highest BCUT2D eigenvalue weighted by molar-refractivity contribution is 6.56. The van der Waals surface area contributed by atoms with Crippen molar-refractivity contribution >= 4 is 6.85 Å². The van der Waals surface area contributed by atoms with Gasteiger partial charge < -0.3 is 4.81 Å². The van der Waals surface area contributed by atoms with Crippen molar-refractivity contribution < 1.29 is 0 Å². The average Bonchev–Trinajstić information content (AvgIpc) is 2.50. The minimum absolute atomic E-state index is 0.935. The smallest absolute Gasteiger partial charge is 0.223 e. The summed E-state index contributed by atoms with van der Waals surface area (Å²) in [6.45, 7) is 8.20. The molecular weight excluding hydrogens is 145 g/mol. The summed E-state index contributed by atoms with van der Waals surface area (Å²) in [4.78, 5) is 2.69. The Morgan fingerprint density at radius 2 is 2.08 bits per heavy atom. The summed E-state index contributed by atoms with van der Waals surface area (Å²) in [6.07, 6.45) is 8.44. The van der Waals surface area contributed by atoms with E-state index in [9.17, 15) is 0 Å². The summed E-state index contributed by atoms with van der Waals surface area (Å²) in [5.74, 6) is 0. The van der Waals surface area contributed by atoms with Crippen LogP contribution in [0.15, 0.2) is 0 Å². The zero-order valence-corrected chi connectivity index (χ0v) is 8.68. The molecule has 0 saturated carbocycles. The summed E-state index contributed by atoms with van der Waals surface area (Å²) in [5, 5.41) is 0. The third-order valence-electron chi connectivity index (χ3n) is 2.90. The van der Waals surface area contributed by atoms with Crippen LogP contribution in [0.1, 0.15) is 39.5 Å². The summed E-state index contributed by atoms with van der Waals surface area (Å²) >= 11 is 0. The average molecular weight is 167 g/mol. The highest BCUT2D eigenvalue weighted by atomic mass is 15.1. The summed E-state index contributed by atoms with van der Waals surface area (Å²) in [6, 6.07) is 0. The van der Waals surface area contributed by atoms with E-state index in [0.717, 1.165) is 6.85 Å². The number of rotatable bonds is 5. The number of hydrogen-bond donors (Lipinski definition) is 0. The maximum absolute atomic E-state index is 2.69. The molecule has 0 radical (unpaired) electrons. The van der Waals surface area contributed by atoms with Crippen molar-refractivity contribution in [1.29, 1.82) is 0 Å². The molecule has 1 fully saturated rings. The van der Waals surface area contributed by atoms with Crippen LogP contribution in [0.25, 0.3) is 0 Å². The van der Waals surface area contributed by atoms with Crippen LogP contribution in [-0.4, -0.2) is 24.7 Å². The first-order valence-electron chi connectivity index (χ1n) is 5.62. The van der Waals surface area contributed by atoms with Crippen LogP contribution in [0.2, 0.25) is 12.6 Å². The monoisotopic (exact) mass is 167 g/mol. The Morgan fingerprint density at radius 1 is 1.25 bits per heavy atom. The van der Waals surface area contributed by atoms with Gasteiger partial charge in [0.05, 0.1) is 0 Å². The van der Waals surface area contributed by atoms with Crippen LogP contribution in [0.3, 0.4) is 0 Å². The predicted molar refractivity (Wildman–Crippen MR) is 56.8 cm³/mol. The lowest BCUT2D eigenvalue weighted by Crippen LogP contribution is -2.33. The van der Waals surface area contributed by atoms with Crippen LogP contribution >= 0.6 is 0 Å². The molecule has 0 spiro atoms. The van der Waals surface area contributed by atoms with E-state index in [1.165, 1.54) is 51.4 Å². The Bertz CT molecular complexity index is 116. The van der Waals surface area contributed by atoms with E-state index in [0.29, 0.717) is 0 Å². The molecule has 12 heavy (non-hydrogen) atoms. The highest BCUT2D eigenvalue weighted by Gasteiger charge is 2.26. The Labute approximate surface area is 77.6 Å². The van der Waals surface area contributed by atoms with Crippen molar-refractivity contribution in [3.8, 4) is 0 Å². The van der Waals surface area contributed by atoms with Crippen LogP contribution in [-0.2, 0) is 0 Å². The van der Waals surface area contributed by atoms with Crippen molar-refractivity contribution in [3.63, 3.8) is 0 Å². The molecule has 0 amide bonds. The topological polar surface area (TPSA) is 3.24 Å². The molecule has 0 aromatic carbocycles. The summed E-state index contributed by atoms with van der Waals surface area (Å²) in [7, 11) is 0. The van der Waals surface area contributed by atoms with Crippen LogP contribution in [0.5, 0.6) is 0 Å². The first-order valence-corrected chi connectivity index (χ1v) is 5.62.